The van der Waals surface area contributed by atoms with E-state index in [-0.39, 0.29) is 0 Å². The third kappa shape index (κ3) is 1.90. The van der Waals surface area contributed by atoms with E-state index in [0.717, 1.165) is 4.47 Å². The summed E-state index contributed by atoms with van der Waals surface area (Å²) in [5, 5.41) is 0. The van der Waals surface area contributed by atoms with Gasteiger partial charge in [-0.3, -0.25) is 0 Å². The van der Waals surface area contributed by atoms with E-state index in [1.807, 2.05) is 6.07 Å². The molecule has 0 bridgehead atoms. The Morgan fingerprint density at radius 3 is 2.43 bits per heavy atom. The number of halogens is 1. The Bertz CT molecular complexity index is 452. The summed E-state index contributed by atoms with van der Waals surface area (Å²) < 4.78 is 1.12. The fourth-order valence-corrected chi connectivity index (χ4v) is 1.95. The van der Waals surface area contributed by atoms with Crippen LogP contribution in [-0.2, 0) is 0 Å². The van der Waals surface area contributed by atoms with E-state index >= 15 is 0 Å². The monoisotopic (exact) mass is 244 g/mol. The zero-order chi connectivity index (χ0) is 9.97. The van der Waals surface area contributed by atoms with Crippen LogP contribution in [0.2, 0.25) is 0 Å². The van der Waals surface area contributed by atoms with Crippen molar-refractivity contribution in [3.8, 4) is 11.1 Å². The SMILES string of the molecule is Bc1ccccc1-c1cccc(Br)c1. The highest BCUT2D eigenvalue weighted by molar-refractivity contribution is 9.10. The summed E-state index contributed by atoms with van der Waals surface area (Å²) in [4.78, 5) is 0. The first kappa shape index (κ1) is 9.54. The van der Waals surface area contributed by atoms with Crippen LogP contribution in [0.5, 0.6) is 0 Å². The Labute approximate surface area is 93.5 Å². The number of hydrogen-bond donors (Lipinski definition) is 0. The van der Waals surface area contributed by atoms with Gasteiger partial charge in [0.1, 0.15) is 7.85 Å². The van der Waals surface area contributed by atoms with E-state index in [1.54, 1.807) is 0 Å². The predicted octanol–water partition coefficient (Wildman–Crippen LogP) is 2.37. The molecule has 0 amide bonds. The topological polar surface area (TPSA) is 0 Å². The van der Waals surface area contributed by atoms with E-state index < -0.39 is 0 Å². The second-order valence-corrected chi connectivity index (χ2v) is 4.24. The first-order chi connectivity index (χ1) is 6.77. The summed E-state index contributed by atoms with van der Waals surface area (Å²) in [7, 11) is 2.14. The molecule has 0 N–H and O–H groups in total. The van der Waals surface area contributed by atoms with Crippen molar-refractivity contribution in [3.05, 3.63) is 53.0 Å². The summed E-state index contributed by atoms with van der Waals surface area (Å²) in [6.07, 6.45) is 0. The van der Waals surface area contributed by atoms with Crippen molar-refractivity contribution in [2.45, 2.75) is 0 Å². The molecule has 2 rings (SSSR count). The van der Waals surface area contributed by atoms with Gasteiger partial charge in [-0.25, -0.2) is 0 Å². The quantitative estimate of drug-likeness (QED) is 0.676. The van der Waals surface area contributed by atoms with Gasteiger partial charge < -0.3 is 0 Å². The average molecular weight is 245 g/mol. The maximum Gasteiger partial charge on any atom is 0.140 e. The van der Waals surface area contributed by atoms with Crippen molar-refractivity contribution < 1.29 is 0 Å². The van der Waals surface area contributed by atoms with Crippen LogP contribution >= 0.6 is 15.9 Å². The largest absolute Gasteiger partial charge is 0.140 e. The maximum atomic E-state index is 3.48. The molecule has 0 nitrogen and oxygen atoms in total. The van der Waals surface area contributed by atoms with Crippen molar-refractivity contribution in [1.29, 1.82) is 0 Å². The van der Waals surface area contributed by atoms with Gasteiger partial charge in [-0.05, 0) is 23.3 Å². The van der Waals surface area contributed by atoms with Crippen molar-refractivity contribution >= 4 is 29.2 Å². The number of hydrogen-bond acceptors (Lipinski definition) is 0. The predicted molar refractivity (Wildman–Crippen MR) is 67.8 cm³/mol. The Hall–Kier alpha value is -1.02. The van der Waals surface area contributed by atoms with Crippen LogP contribution in [0.4, 0.5) is 0 Å². The molecule has 2 aromatic carbocycles. The lowest BCUT2D eigenvalue weighted by Crippen LogP contribution is -2.05. The van der Waals surface area contributed by atoms with E-state index in [0.29, 0.717) is 0 Å². The molecule has 0 aliphatic heterocycles. The molecule has 68 valence electrons. The van der Waals surface area contributed by atoms with Crippen LogP contribution in [0.1, 0.15) is 0 Å². The summed E-state index contributed by atoms with van der Waals surface area (Å²) in [6, 6.07) is 16.8. The van der Waals surface area contributed by atoms with Gasteiger partial charge in [-0.1, -0.05) is 57.8 Å². The summed E-state index contributed by atoms with van der Waals surface area (Å²) in [5.74, 6) is 0. The minimum absolute atomic E-state index is 1.12. The molecule has 0 aliphatic rings. The fourth-order valence-electron chi connectivity index (χ4n) is 1.55. The van der Waals surface area contributed by atoms with Crippen LogP contribution in [0, 0.1) is 0 Å². The van der Waals surface area contributed by atoms with Gasteiger partial charge >= 0.3 is 0 Å². The fraction of sp³-hybridized carbons (Fsp3) is 0. The van der Waals surface area contributed by atoms with Crippen molar-refractivity contribution in [1.82, 2.24) is 0 Å². The van der Waals surface area contributed by atoms with Crippen LogP contribution in [0.15, 0.2) is 53.0 Å². The van der Waals surface area contributed by atoms with Gasteiger partial charge in [0.25, 0.3) is 0 Å². The first-order valence-electron chi connectivity index (χ1n) is 4.59. The third-order valence-electron chi connectivity index (χ3n) is 2.28. The van der Waals surface area contributed by atoms with Gasteiger partial charge in [0.2, 0.25) is 0 Å². The van der Waals surface area contributed by atoms with Gasteiger partial charge in [0, 0.05) is 4.47 Å². The molecule has 0 radical (unpaired) electrons. The summed E-state index contributed by atoms with van der Waals surface area (Å²) >= 11 is 3.48. The van der Waals surface area contributed by atoms with Crippen LogP contribution in [-0.4, -0.2) is 7.85 Å². The average Bonchev–Trinajstić information content (AvgIpc) is 2.18. The molecular weight excluding hydrogens is 235 g/mol. The Morgan fingerprint density at radius 1 is 0.929 bits per heavy atom. The molecule has 2 heteroatoms. The van der Waals surface area contributed by atoms with E-state index in [9.17, 15) is 0 Å². The minimum Gasteiger partial charge on any atom is -0.0813 e. The van der Waals surface area contributed by atoms with E-state index in [4.69, 9.17) is 0 Å². The molecule has 0 spiro atoms. The molecule has 0 unspecified atom stereocenters. The lowest BCUT2D eigenvalue weighted by atomic mass is 9.87. The Balaban J connectivity index is 2.55. The Kier molecular flexibility index (Phi) is 2.73. The Morgan fingerprint density at radius 2 is 1.71 bits per heavy atom. The van der Waals surface area contributed by atoms with Gasteiger partial charge in [0.15, 0.2) is 0 Å². The molecular formula is C12H10BBr. The molecule has 0 aliphatic carbocycles. The first-order valence-corrected chi connectivity index (χ1v) is 5.38. The molecule has 0 saturated heterocycles. The zero-order valence-electron chi connectivity index (χ0n) is 8.00. The number of benzene rings is 2. The third-order valence-corrected chi connectivity index (χ3v) is 2.77. The molecule has 0 fully saturated rings. The van der Waals surface area contributed by atoms with E-state index in [2.05, 4.69) is 66.2 Å². The van der Waals surface area contributed by atoms with E-state index in [1.165, 1.54) is 16.6 Å². The van der Waals surface area contributed by atoms with Crippen LogP contribution in [0.25, 0.3) is 11.1 Å². The second-order valence-electron chi connectivity index (χ2n) is 3.33. The summed E-state index contributed by atoms with van der Waals surface area (Å²) in [5.41, 5.74) is 3.87. The van der Waals surface area contributed by atoms with Crippen molar-refractivity contribution in [3.63, 3.8) is 0 Å². The second kappa shape index (κ2) is 4.01. The lowest BCUT2D eigenvalue weighted by molar-refractivity contribution is 1.61. The molecule has 0 heterocycles. The van der Waals surface area contributed by atoms with Gasteiger partial charge in [-0.2, -0.15) is 0 Å². The maximum absolute atomic E-state index is 3.48. The molecule has 0 saturated carbocycles. The van der Waals surface area contributed by atoms with Gasteiger partial charge in [-0.15, -0.1) is 0 Å². The molecule has 0 atom stereocenters. The molecule has 14 heavy (non-hydrogen) atoms. The van der Waals surface area contributed by atoms with Crippen LogP contribution < -0.4 is 5.46 Å². The van der Waals surface area contributed by atoms with Crippen LogP contribution in [0.3, 0.4) is 0 Å². The normalized spacial score (nSPS) is 10.1. The molecule has 0 aromatic heterocycles. The van der Waals surface area contributed by atoms with Crippen molar-refractivity contribution in [2.75, 3.05) is 0 Å². The standard InChI is InChI=1S/C12H10BBr/c13-12-7-2-1-6-11(12)9-4-3-5-10(14)8-9/h1-8H,13H2. The highest BCUT2D eigenvalue weighted by Crippen LogP contribution is 2.20. The highest BCUT2D eigenvalue weighted by Gasteiger charge is 1.99. The zero-order valence-corrected chi connectivity index (χ0v) is 9.58. The lowest BCUT2D eigenvalue weighted by Gasteiger charge is -2.05. The highest BCUT2D eigenvalue weighted by atomic mass is 79.9. The number of rotatable bonds is 1. The summed E-state index contributed by atoms with van der Waals surface area (Å²) in [6.45, 7) is 0. The smallest absolute Gasteiger partial charge is 0.0813 e. The molecule has 2 aromatic rings. The van der Waals surface area contributed by atoms with Crippen molar-refractivity contribution in [2.24, 2.45) is 0 Å². The minimum atomic E-state index is 1.12. The van der Waals surface area contributed by atoms with Gasteiger partial charge in [0.05, 0.1) is 0 Å².